The fraction of sp³-hybridized carbons (Fsp3) is 0.538. The van der Waals surface area contributed by atoms with Gasteiger partial charge in [0, 0.05) is 6.54 Å². The fourth-order valence-electron chi connectivity index (χ4n) is 1.87. The number of anilines is 1. The van der Waals surface area contributed by atoms with Gasteiger partial charge in [0.1, 0.15) is 4.90 Å². The summed E-state index contributed by atoms with van der Waals surface area (Å²) < 4.78 is 26.9. The molecule has 0 aliphatic heterocycles. The van der Waals surface area contributed by atoms with E-state index in [2.05, 4.69) is 9.62 Å². The number of nitrogens with one attached hydrogen (secondary N) is 1. The quantitative estimate of drug-likeness (QED) is 0.583. The van der Waals surface area contributed by atoms with Crippen molar-refractivity contribution < 1.29 is 8.42 Å². The number of nitrogens with two attached hydrogens (primary N) is 1. The summed E-state index contributed by atoms with van der Waals surface area (Å²) in [5, 5.41) is 0. The number of benzene rings is 1. The second kappa shape index (κ2) is 6.88. The lowest BCUT2D eigenvalue weighted by Gasteiger charge is -2.12. The average Bonchev–Trinajstić information content (AvgIpc) is 2.27. The van der Waals surface area contributed by atoms with E-state index < -0.39 is 10.0 Å². The predicted molar refractivity (Wildman–Crippen MR) is 78.6 cm³/mol. The van der Waals surface area contributed by atoms with Crippen LogP contribution in [0.2, 0.25) is 0 Å². The summed E-state index contributed by atoms with van der Waals surface area (Å²) in [7, 11) is 0.485. The van der Waals surface area contributed by atoms with Gasteiger partial charge in [-0.05, 0) is 52.0 Å². The Labute approximate surface area is 115 Å². The van der Waals surface area contributed by atoms with Gasteiger partial charge in [-0.2, -0.15) is 0 Å². The van der Waals surface area contributed by atoms with Crippen LogP contribution in [0.1, 0.15) is 18.4 Å². The molecule has 0 spiro atoms. The van der Waals surface area contributed by atoms with Crippen molar-refractivity contribution in [1.82, 2.24) is 9.62 Å². The molecule has 5 nitrogen and oxygen atoms in total. The van der Waals surface area contributed by atoms with Crippen LogP contribution in [0.4, 0.5) is 5.69 Å². The largest absolute Gasteiger partial charge is 0.398 e. The highest BCUT2D eigenvalue weighted by Crippen LogP contribution is 2.21. The number of hydrogen-bond donors (Lipinski definition) is 2. The lowest BCUT2D eigenvalue weighted by atomic mass is 10.2. The molecule has 3 N–H and O–H groups in total. The molecule has 0 aliphatic rings. The Morgan fingerprint density at radius 1 is 1.26 bits per heavy atom. The van der Waals surface area contributed by atoms with Crippen LogP contribution in [0.25, 0.3) is 0 Å². The first-order valence-corrected chi connectivity index (χ1v) is 7.82. The molecule has 1 aromatic rings. The summed E-state index contributed by atoms with van der Waals surface area (Å²) in [6.45, 7) is 3.13. The highest BCUT2D eigenvalue weighted by atomic mass is 32.2. The zero-order chi connectivity index (χ0) is 14.5. The van der Waals surface area contributed by atoms with Gasteiger partial charge in [0.2, 0.25) is 10.0 Å². The zero-order valence-electron chi connectivity index (χ0n) is 11.8. The van der Waals surface area contributed by atoms with Crippen molar-refractivity contribution in [3.63, 3.8) is 0 Å². The van der Waals surface area contributed by atoms with E-state index in [4.69, 9.17) is 5.73 Å². The minimum absolute atomic E-state index is 0.197. The highest BCUT2D eigenvalue weighted by Gasteiger charge is 2.18. The van der Waals surface area contributed by atoms with Gasteiger partial charge in [0.05, 0.1) is 5.69 Å². The average molecular weight is 285 g/mol. The maximum absolute atomic E-state index is 12.2. The Morgan fingerprint density at radius 2 is 1.95 bits per heavy atom. The Morgan fingerprint density at radius 3 is 2.53 bits per heavy atom. The molecule has 0 amide bonds. The third-order valence-electron chi connectivity index (χ3n) is 2.84. The molecule has 0 fully saturated rings. The lowest BCUT2D eigenvalue weighted by Crippen LogP contribution is -2.27. The maximum Gasteiger partial charge on any atom is 0.242 e. The van der Waals surface area contributed by atoms with E-state index in [9.17, 15) is 8.42 Å². The third kappa shape index (κ3) is 4.81. The summed E-state index contributed by atoms with van der Waals surface area (Å²) in [5.74, 6) is 0. The summed E-state index contributed by atoms with van der Waals surface area (Å²) in [4.78, 5) is 2.27. The van der Waals surface area contributed by atoms with E-state index in [1.165, 1.54) is 0 Å². The number of unbranched alkanes of at least 4 members (excludes halogenated alkanes) is 1. The molecule has 0 bridgehead atoms. The molecular weight excluding hydrogens is 262 g/mol. The van der Waals surface area contributed by atoms with Gasteiger partial charge in [-0.25, -0.2) is 13.1 Å². The van der Waals surface area contributed by atoms with Crippen molar-refractivity contribution >= 4 is 15.7 Å². The van der Waals surface area contributed by atoms with Gasteiger partial charge in [-0.1, -0.05) is 12.1 Å². The fourth-order valence-corrected chi connectivity index (χ4v) is 3.30. The van der Waals surface area contributed by atoms with Crippen LogP contribution in [0.5, 0.6) is 0 Å². The molecule has 0 atom stereocenters. The van der Waals surface area contributed by atoms with Gasteiger partial charge in [0.25, 0.3) is 0 Å². The standard InChI is InChI=1S/C13H23N3O2S/c1-11-7-6-8-12(14)13(11)19(17,18)15-9-4-5-10-16(2)3/h6-8,15H,4-5,9-10,14H2,1-3H3. The second-order valence-electron chi connectivity index (χ2n) is 4.90. The Hall–Kier alpha value is -1.11. The maximum atomic E-state index is 12.2. The molecule has 0 saturated heterocycles. The van der Waals surface area contributed by atoms with E-state index in [1.807, 2.05) is 14.1 Å². The van der Waals surface area contributed by atoms with E-state index >= 15 is 0 Å². The first-order chi connectivity index (χ1) is 8.84. The molecule has 0 heterocycles. The molecular formula is C13H23N3O2S. The summed E-state index contributed by atoms with van der Waals surface area (Å²) in [5.41, 5.74) is 6.71. The predicted octanol–water partition coefficient (Wildman–Crippen LogP) is 1.20. The van der Waals surface area contributed by atoms with E-state index in [0.717, 1.165) is 19.4 Å². The third-order valence-corrected chi connectivity index (χ3v) is 4.51. The summed E-state index contributed by atoms with van der Waals surface area (Å²) in [6, 6.07) is 5.10. The molecule has 0 aliphatic carbocycles. The minimum atomic E-state index is -3.51. The Bertz CT molecular complexity index is 492. The first-order valence-electron chi connectivity index (χ1n) is 6.34. The van der Waals surface area contributed by atoms with Crippen molar-refractivity contribution in [2.24, 2.45) is 0 Å². The number of nitrogens with zero attached hydrogens (tertiary/aromatic N) is 1. The van der Waals surface area contributed by atoms with Crippen molar-refractivity contribution in [1.29, 1.82) is 0 Å². The summed E-state index contributed by atoms with van der Waals surface area (Å²) in [6.07, 6.45) is 1.77. The number of sulfonamides is 1. The van der Waals surface area contributed by atoms with Crippen molar-refractivity contribution in [2.75, 3.05) is 32.9 Å². The molecule has 1 aromatic carbocycles. The highest BCUT2D eigenvalue weighted by molar-refractivity contribution is 7.89. The van der Waals surface area contributed by atoms with E-state index in [0.29, 0.717) is 17.8 Å². The molecule has 108 valence electrons. The van der Waals surface area contributed by atoms with Crippen LogP contribution in [0.15, 0.2) is 23.1 Å². The second-order valence-corrected chi connectivity index (χ2v) is 6.61. The van der Waals surface area contributed by atoms with Crippen LogP contribution in [0.3, 0.4) is 0 Å². The van der Waals surface area contributed by atoms with Gasteiger partial charge in [-0.3, -0.25) is 0 Å². The van der Waals surface area contributed by atoms with Gasteiger partial charge in [-0.15, -0.1) is 0 Å². The van der Waals surface area contributed by atoms with Crippen LogP contribution in [-0.2, 0) is 10.0 Å². The molecule has 0 aromatic heterocycles. The van der Waals surface area contributed by atoms with Crippen LogP contribution in [-0.4, -0.2) is 40.5 Å². The minimum Gasteiger partial charge on any atom is -0.398 e. The molecule has 19 heavy (non-hydrogen) atoms. The van der Waals surface area contributed by atoms with Crippen LogP contribution in [0, 0.1) is 6.92 Å². The number of rotatable bonds is 7. The zero-order valence-corrected chi connectivity index (χ0v) is 12.6. The number of aryl methyl sites for hydroxylation is 1. The van der Waals surface area contributed by atoms with Gasteiger partial charge >= 0.3 is 0 Å². The molecule has 0 unspecified atom stereocenters. The van der Waals surface area contributed by atoms with Crippen LogP contribution >= 0.6 is 0 Å². The number of nitrogen functional groups attached to an aromatic ring is 1. The topological polar surface area (TPSA) is 75.4 Å². The monoisotopic (exact) mass is 285 g/mol. The SMILES string of the molecule is Cc1cccc(N)c1S(=O)(=O)NCCCCN(C)C. The van der Waals surface area contributed by atoms with Gasteiger partial charge in [0.15, 0.2) is 0 Å². The lowest BCUT2D eigenvalue weighted by molar-refractivity contribution is 0.394. The Balaban J connectivity index is 2.62. The first kappa shape index (κ1) is 15.9. The van der Waals surface area contributed by atoms with Gasteiger partial charge < -0.3 is 10.6 Å². The molecule has 6 heteroatoms. The van der Waals surface area contributed by atoms with Crippen molar-refractivity contribution in [3.8, 4) is 0 Å². The normalized spacial score (nSPS) is 12.0. The van der Waals surface area contributed by atoms with E-state index in [1.54, 1.807) is 25.1 Å². The molecule has 0 radical (unpaired) electrons. The molecule has 0 saturated carbocycles. The molecule has 1 rings (SSSR count). The Kier molecular flexibility index (Phi) is 5.78. The smallest absolute Gasteiger partial charge is 0.242 e. The van der Waals surface area contributed by atoms with E-state index in [-0.39, 0.29) is 4.90 Å². The summed E-state index contributed by atoms with van der Waals surface area (Å²) >= 11 is 0. The van der Waals surface area contributed by atoms with Crippen molar-refractivity contribution in [2.45, 2.75) is 24.7 Å². The van der Waals surface area contributed by atoms with Crippen LogP contribution < -0.4 is 10.5 Å². The number of hydrogen-bond acceptors (Lipinski definition) is 4. The van der Waals surface area contributed by atoms with Crippen molar-refractivity contribution in [3.05, 3.63) is 23.8 Å².